The van der Waals surface area contributed by atoms with Gasteiger partial charge < -0.3 is 10.2 Å². The summed E-state index contributed by atoms with van der Waals surface area (Å²) in [5, 5.41) is 21.5. The van der Waals surface area contributed by atoms with E-state index in [1.165, 1.54) is 15.9 Å². The predicted octanol–water partition coefficient (Wildman–Crippen LogP) is 3.27. The molecule has 0 radical (unpaired) electrons. The molecule has 0 aliphatic carbocycles. The fraction of sp³-hybridized carbons (Fsp3) is 0.118. The van der Waals surface area contributed by atoms with Crippen LogP contribution in [0.1, 0.15) is 16.1 Å². The summed E-state index contributed by atoms with van der Waals surface area (Å²) >= 11 is 7.47. The molecule has 2 N–H and O–H groups in total. The first-order valence-corrected chi connectivity index (χ1v) is 8.59. The van der Waals surface area contributed by atoms with Crippen LogP contribution in [0.15, 0.2) is 46.6 Å². The molecule has 2 heterocycles. The van der Waals surface area contributed by atoms with Gasteiger partial charge in [-0.2, -0.15) is 0 Å². The Kier molecular flexibility index (Phi) is 4.87. The molecule has 0 saturated heterocycles. The molecular formula is C17H13ClN2O4S. The molecule has 0 unspecified atom stereocenters. The Morgan fingerprint density at radius 3 is 2.64 bits per heavy atom. The molecule has 0 atom stereocenters. The summed E-state index contributed by atoms with van der Waals surface area (Å²) in [4.78, 5) is 28.4. The fourth-order valence-electron chi connectivity index (χ4n) is 2.43. The number of thiophene rings is 1. The van der Waals surface area contributed by atoms with E-state index in [2.05, 4.69) is 4.98 Å². The number of carbonyl (C=O) groups is 1. The van der Waals surface area contributed by atoms with E-state index in [0.29, 0.717) is 16.3 Å². The van der Waals surface area contributed by atoms with Gasteiger partial charge in [0.15, 0.2) is 11.5 Å². The quantitative estimate of drug-likeness (QED) is 0.713. The van der Waals surface area contributed by atoms with Crippen LogP contribution in [-0.4, -0.2) is 25.7 Å². The molecule has 1 aromatic carbocycles. The van der Waals surface area contributed by atoms with Gasteiger partial charge in [-0.15, -0.1) is 11.3 Å². The molecule has 0 amide bonds. The lowest BCUT2D eigenvalue weighted by molar-refractivity contribution is 0.0686. The molecule has 0 aliphatic heterocycles. The monoisotopic (exact) mass is 376 g/mol. The van der Waals surface area contributed by atoms with E-state index < -0.39 is 23.0 Å². The number of aromatic carboxylic acids is 1. The molecule has 128 valence electrons. The zero-order valence-electron chi connectivity index (χ0n) is 12.8. The third-order valence-electron chi connectivity index (χ3n) is 3.65. The Hall–Kier alpha value is -2.64. The Morgan fingerprint density at radius 1 is 1.24 bits per heavy atom. The minimum absolute atomic E-state index is 0.205. The van der Waals surface area contributed by atoms with Gasteiger partial charge in [-0.25, -0.2) is 9.78 Å². The van der Waals surface area contributed by atoms with E-state index in [0.717, 1.165) is 5.56 Å². The number of hydrogen-bond acceptors (Lipinski definition) is 5. The van der Waals surface area contributed by atoms with Gasteiger partial charge >= 0.3 is 5.97 Å². The second-order valence-corrected chi connectivity index (χ2v) is 6.57. The number of carboxylic acids is 1. The van der Waals surface area contributed by atoms with Gasteiger partial charge in [0.05, 0.1) is 4.88 Å². The topological polar surface area (TPSA) is 92.4 Å². The largest absolute Gasteiger partial charge is 0.501 e. The number of hydrogen-bond donors (Lipinski definition) is 2. The van der Waals surface area contributed by atoms with Gasteiger partial charge in [0.25, 0.3) is 5.56 Å². The van der Waals surface area contributed by atoms with Gasteiger partial charge in [-0.05, 0) is 29.5 Å². The van der Waals surface area contributed by atoms with Crippen molar-refractivity contribution < 1.29 is 15.0 Å². The number of aromatic hydroxyl groups is 1. The van der Waals surface area contributed by atoms with Crippen molar-refractivity contribution >= 4 is 28.9 Å². The van der Waals surface area contributed by atoms with Crippen LogP contribution < -0.4 is 5.56 Å². The maximum Gasteiger partial charge on any atom is 0.358 e. The third kappa shape index (κ3) is 3.42. The number of halogens is 1. The molecule has 0 aliphatic rings. The summed E-state index contributed by atoms with van der Waals surface area (Å²) in [5.74, 6) is -2.11. The lowest BCUT2D eigenvalue weighted by atomic mass is 10.1. The highest BCUT2D eigenvalue weighted by Crippen LogP contribution is 2.25. The van der Waals surface area contributed by atoms with Crippen LogP contribution in [0, 0.1) is 0 Å². The molecule has 0 saturated carbocycles. The maximum atomic E-state index is 12.5. The molecule has 0 fully saturated rings. The van der Waals surface area contributed by atoms with Crippen molar-refractivity contribution in [1.82, 2.24) is 9.55 Å². The Bertz CT molecular complexity index is 983. The summed E-state index contributed by atoms with van der Waals surface area (Å²) in [6.07, 6.45) is 0.436. The molecule has 0 bridgehead atoms. The lowest BCUT2D eigenvalue weighted by Gasteiger charge is -2.13. The summed E-state index contributed by atoms with van der Waals surface area (Å²) in [6, 6.07) is 10.8. The van der Waals surface area contributed by atoms with Crippen LogP contribution in [0.3, 0.4) is 0 Å². The van der Waals surface area contributed by atoms with Gasteiger partial charge in [0.2, 0.25) is 5.75 Å². The molecule has 0 spiro atoms. The number of aryl methyl sites for hydroxylation is 1. The first-order valence-electron chi connectivity index (χ1n) is 7.33. The van der Waals surface area contributed by atoms with E-state index in [-0.39, 0.29) is 12.4 Å². The smallest absolute Gasteiger partial charge is 0.358 e. The third-order valence-corrected chi connectivity index (χ3v) is 4.89. The molecule has 6 nitrogen and oxygen atoms in total. The van der Waals surface area contributed by atoms with E-state index in [4.69, 9.17) is 16.7 Å². The minimum Gasteiger partial charge on any atom is -0.501 e. The normalized spacial score (nSPS) is 10.8. The van der Waals surface area contributed by atoms with Crippen LogP contribution >= 0.6 is 22.9 Å². The Morgan fingerprint density at radius 2 is 2.00 bits per heavy atom. The number of aromatic nitrogens is 2. The zero-order valence-corrected chi connectivity index (χ0v) is 14.4. The first-order chi connectivity index (χ1) is 12.0. The summed E-state index contributed by atoms with van der Waals surface area (Å²) in [7, 11) is 0. The Balaban J connectivity index is 2.08. The summed E-state index contributed by atoms with van der Waals surface area (Å²) in [6.45, 7) is 0.205. The van der Waals surface area contributed by atoms with Crippen LogP contribution in [0.5, 0.6) is 5.75 Å². The van der Waals surface area contributed by atoms with Crippen molar-refractivity contribution in [1.29, 1.82) is 0 Å². The number of benzene rings is 1. The van der Waals surface area contributed by atoms with E-state index in [1.807, 2.05) is 18.2 Å². The highest BCUT2D eigenvalue weighted by Gasteiger charge is 2.22. The fourth-order valence-corrected chi connectivity index (χ4v) is 3.38. The van der Waals surface area contributed by atoms with E-state index >= 15 is 0 Å². The van der Waals surface area contributed by atoms with Gasteiger partial charge in [0.1, 0.15) is 0 Å². The molecule has 2 aromatic heterocycles. The molecular weight excluding hydrogens is 364 g/mol. The van der Waals surface area contributed by atoms with Gasteiger partial charge in [-0.3, -0.25) is 9.36 Å². The molecule has 8 heteroatoms. The number of carboxylic acid groups (broad SMARTS) is 1. The number of rotatable bonds is 5. The van der Waals surface area contributed by atoms with Gasteiger partial charge in [0, 0.05) is 11.6 Å². The van der Waals surface area contributed by atoms with Crippen LogP contribution in [0.4, 0.5) is 0 Å². The van der Waals surface area contributed by atoms with E-state index in [9.17, 15) is 14.7 Å². The van der Waals surface area contributed by atoms with Crippen molar-refractivity contribution in [3.05, 3.63) is 68.4 Å². The Labute approximate surface area is 151 Å². The molecule has 3 rings (SSSR count). The average molecular weight is 377 g/mol. The molecule has 25 heavy (non-hydrogen) atoms. The van der Waals surface area contributed by atoms with Crippen LogP contribution in [-0.2, 0) is 13.0 Å². The van der Waals surface area contributed by atoms with E-state index in [1.54, 1.807) is 23.6 Å². The van der Waals surface area contributed by atoms with Crippen LogP contribution in [0.2, 0.25) is 5.02 Å². The number of nitrogens with zero attached hydrogens (tertiary/aromatic N) is 2. The molecule has 3 aromatic rings. The van der Waals surface area contributed by atoms with Crippen LogP contribution in [0.25, 0.3) is 10.7 Å². The van der Waals surface area contributed by atoms with Crippen molar-refractivity contribution in [2.45, 2.75) is 13.0 Å². The summed E-state index contributed by atoms with van der Waals surface area (Å²) in [5.41, 5.74) is -0.597. The maximum absolute atomic E-state index is 12.5. The predicted molar refractivity (Wildman–Crippen MR) is 95.6 cm³/mol. The second-order valence-electron chi connectivity index (χ2n) is 5.21. The average Bonchev–Trinajstić information content (AvgIpc) is 3.11. The van der Waals surface area contributed by atoms with Crippen molar-refractivity contribution in [2.75, 3.05) is 0 Å². The second kappa shape index (κ2) is 7.08. The van der Waals surface area contributed by atoms with Gasteiger partial charge in [-0.1, -0.05) is 35.9 Å². The zero-order chi connectivity index (χ0) is 18.0. The lowest BCUT2D eigenvalue weighted by Crippen LogP contribution is -2.26. The highest BCUT2D eigenvalue weighted by atomic mass is 35.5. The highest BCUT2D eigenvalue weighted by molar-refractivity contribution is 7.13. The minimum atomic E-state index is -1.45. The van der Waals surface area contributed by atoms with Crippen molar-refractivity contribution in [2.24, 2.45) is 0 Å². The standard InChI is InChI=1S/C17H13ClN2O4S/c18-11-5-2-1-4-10(11)7-8-20-15(12-6-3-9-25-12)19-13(17(23)24)14(21)16(20)22/h1-6,9,21H,7-8H2,(H,23,24). The SMILES string of the molecule is O=C(O)c1nc(-c2cccs2)n(CCc2ccccc2Cl)c(=O)c1O. The van der Waals surface area contributed by atoms with Crippen molar-refractivity contribution in [3.63, 3.8) is 0 Å². The first kappa shape index (κ1) is 17.2. The van der Waals surface area contributed by atoms with Crippen molar-refractivity contribution in [3.8, 4) is 16.5 Å². The summed E-state index contributed by atoms with van der Waals surface area (Å²) < 4.78 is 1.27.